The van der Waals surface area contributed by atoms with Gasteiger partial charge in [-0.25, -0.2) is 0 Å². The molecule has 2 nitrogen and oxygen atoms in total. The van der Waals surface area contributed by atoms with Crippen LogP contribution in [0.25, 0.3) is 0 Å². The third-order valence-electron chi connectivity index (χ3n) is 2.79. The minimum Gasteiger partial charge on any atom is -0.392 e. The molecule has 17 heavy (non-hydrogen) atoms. The van der Waals surface area contributed by atoms with Crippen LogP contribution < -0.4 is 5.73 Å². The molecule has 2 N–H and O–H groups in total. The normalized spacial score (nSPS) is 23.3. The predicted molar refractivity (Wildman–Crippen MR) is 77.0 cm³/mol. The lowest BCUT2D eigenvalue weighted by atomic mass is 10.0. The molecule has 2 heterocycles. The summed E-state index contributed by atoms with van der Waals surface area (Å²) < 4.78 is 0. The highest BCUT2D eigenvalue weighted by Crippen LogP contribution is 2.48. The number of nitrogens with two attached hydrogens (primary N) is 1. The summed E-state index contributed by atoms with van der Waals surface area (Å²) in [7, 11) is 0. The lowest BCUT2D eigenvalue weighted by molar-refractivity contribution is 0.983. The number of benzene rings is 1. The molecule has 2 aliphatic rings. The molecule has 1 aromatic rings. The van der Waals surface area contributed by atoms with Gasteiger partial charge in [-0.1, -0.05) is 42.1 Å². The Morgan fingerprint density at radius 3 is 2.88 bits per heavy atom. The van der Waals surface area contributed by atoms with Gasteiger partial charge < -0.3 is 5.73 Å². The third-order valence-corrected chi connectivity index (χ3v) is 5.12. The fourth-order valence-electron chi connectivity index (χ4n) is 1.98. The SMILES string of the molecule is NC1=CN=CC2=C(S1)C(c1ccccc1)CS2. The fourth-order valence-corrected chi connectivity index (χ4v) is 4.39. The molecule has 0 fully saturated rings. The summed E-state index contributed by atoms with van der Waals surface area (Å²) in [6.45, 7) is 0. The maximum atomic E-state index is 5.90. The van der Waals surface area contributed by atoms with Crippen LogP contribution in [0.2, 0.25) is 0 Å². The summed E-state index contributed by atoms with van der Waals surface area (Å²) in [5.74, 6) is 1.54. The fraction of sp³-hybridized carbons (Fsp3) is 0.154. The van der Waals surface area contributed by atoms with Gasteiger partial charge in [0.25, 0.3) is 0 Å². The van der Waals surface area contributed by atoms with E-state index in [4.69, 9.17) is 5.73 Å². The molecule has 0 amide bonds. The van der Waals surface area contributed by atoms with Gasteiger partial charge in [-0.15, -0.1) is 11.8 Å². The van der Waals surface area contributed by atoms with Crippen molar-refractivity contribution in [3.63, 3.8) is 0 Å². The van der Waals surface area contributed by atoms with E-state index in [1.807, 2.05) is 18.0 Å². The van der Waals surface area contributed by atoms with E-state index in [1.165, 1.54) is 15.4 Å². The van der Waals surface area contributed by atoms with Crippen molar-refractivity contribution in [2.24, 2.45) is 10.7 Å². The predicted octanol–water partition coefficient (Wildman–Crippen LogP) is 3.30. The molecule has 1 unspecified atom stereocenters. The summed E-state index contributed by atoms with van der Waals surface area (Å²) in [6, 6.07) is 10.6. The highest BCUT2D eigenvalue weighted by molar-refractivity contribution is 8.10. The molecule has 0 saturated heterocycles. The Balaban J connectivity index is 1.97. The highest BCUT2D eigenvalue weighted by Gasteiger charge is 2.28. The summed E-state index contributed by atoms with van der Waals surface area (Å²) >= 11 is 3.52. The van der Waals surface area contributed by atoms with Gasteiger partial charge in [0.1, 0.15) is 0 Å². The first kappa shape index (κ1) is 11.0. The number of thioether (sulfide) groups is 2. The van der Waals surface area contributed by atoms with Crippen LogP contribution in [-0.2, 0) is 0 Å². The number of allylic oxidation sites excluding steroid dienone is 2. The molecule has 0 bridgehead atoms. The highest BCUT2D eigenvalue weighted by atomic mass is 32.2. The maximum Gasteiger partial charge on any atom is 0.0887 e. The van der Waals surface area contributed by atoms with E-state index < -0.39 is 0 Å². The minimum atomic E-state index is 0.456. The Morgan fingerprint density at radius 2 is 2.06 bits per heavy atom. The van der Waals surface area contributed by atoms with E-state index in [0.717, 1.165) is 10.8 Å². The van der Waals surface area contributed by atoms with Crippen molar-refractivity contribution in [1.82, 2.24) is 0 Å². The molecule has 4 heteroatoms. The largest absolute Gasteiger partial charge is 0.392 e. The first-order valence-electron chi connectivity index (χ1n) is 5.43. The molecule has 86 valence electrons. The zero-order valence-corrected chi connectivity index (χ0v) is 10.8. The molecule has 0 radical (unpaired) electrons. The Kier molecular flexibility index (Phi) is 2.99. The maximum absolute atomic E-state index is 5.90. The van der Waals surface area contributed by atoms with Crippen LogP contribution in [-0.4, -0.2) is 12.0 Å². The van der Waals surface area contributed by atoms with Crippen LogP contribution in [0.1, 0.15) is 11.5 Å². The molecule has 0 aliphatic carbocycles. The third kappa shape index (κ3) is 2.15. The Hall–Kier alpha value is -1.13. The van der Waals surface area contributed by atoms with E-state index in [-0.39, 0.29) is 0 Å². The minimum absolute atomic E-state index is 0.456. The second-order valence-electron chi connectivity index (χ2n) is 3.91. The average molecular weight is 260 g/mol. The Bertz CT molecular complexity index is 517. The van der Waals surface area contributed by atoms with Crippen LogP contribution in [0.3, 0.4) is 0 Å². The molecule has 1 atom stereocenters. The smallest absolute Gasteiger partial charge is 0.0887 e. The number of hydrogen-bond donors (Lipinski definition) is 1. The van der Waals surface area contributed by atoms with Crippen molar-refractivity contribution < 1.29 is 0 Å². The number of aliphatic imine (C=N–C) groups is 1. The quantitative estimate of drug-likeness (QED) is 0.842. The molecule has 1 aromatic carbocycles. The van der Waals surface area contributed by atoms with Crippen molar-refractivity contribution in [3.05, 3.63) is 56.9 Å². The molecule has 0 spiro atoms. The lowest BCUT2D eigenvalue weighted by Crippen LogP contribution is -2.01. The van der Waals surface area contributed by atoms with Gasteiger partial charge in [0.2, 0.25) is 0 Å². The van der Waals surface area contributed by atoms with Gasteiger partial charge >= 0.3 is 0 Å². The number of nitrogens with zero attached hydrogens (tertiary/aromatic N) is 1. The van der Waals surface area contributed by atoms with E-state index in [2.05, 4.69) is 35.3 Å². The van der Waals surface area contributed by atoms with E-state index in [9.17, 15) is 0 Å². The van der Waals surface area contributed by atoms with Crippen molar-refractivity contribution in [2.75, 3.05) is 5.75 Å². The Labute approximate surface area is 109 Å². The number of rotatable bonds is 1. The van der Waals surface area contributed by atoms with Crippen LogP contribution in [0.5, 0.6) is 0 Å². The average Bonchev–Trinajstić information content (AvgIpc) is 2.64. The molecular formula is C13H12N2S2. The van der Waals surface area contributed by atoms with Crippen LogP contribution >= 0.6 is 23.5 Å². The summed E-state index contributed by atoms with van der Waals surface area (Å²) in [6.07, 6.45) is 3.65. The first-order chi connectivity index (χ1) is 8.34. The standard InChI is InChI=1S/C13H12N2S2/c14-12-7-15-6-11-13(17-12)10(8-16-11)9-4-2-1-3-5-9/h1-7,10H,8,14H2. The van der Waals surface area contributed by atoms with Gasteiger partial charge in [0, 0.05) is 27.7 Å². The Morgan fingerprint density at radius 1 is 1.24 bits per heavy atom. The zero-order valence-electron chi connectivity index (χ0n) is 9.17. The topological polar surface area (TPSA) is 38.4 Å². The van der Waals surface area contributed by atoms with Gasteiger partial charge in [-0.3, -0.25) is 4.99 Å². The number of hydrogen-bond acceptors (Lipinski definition) is 4. The molecule has 0 saturated carbocycles. The molecule has 3 rings (SSSR count). The second kappa shape index (κ2) is 4.63. The second-order valence-corrected chi connectivity index (χ2v) is 6.09. The van der Waals surface area contributed by atoms with Crippen molar-refractivity contribution in [3.8, 4) is 0 Å². The monoisotopic (exact) mass is 260 g/mol. The lowest BCUT2D eigenvalue weighted by Gasteiger charge is -2.13. The summed E-state index contributed by atoms with van der Waals surface area (Å²) in [5, 5.41) is 0.773. The summed E-state index contributed by atoms with van der Waals surface area (Å²) in [5.41, 5.74) is 7.26. The van der Waals surface area contributed by atoms with E-state index in [1.54, 1.807) is 18.0 Å². The van der Waals surface area contributed by atoms with Crippen molar-refractivity contribution in [2.45, 2.75) is 5.92 Å². The molecular weight excluding hydrogens is 248 g/mol. The first-order valence-corrected chi connectivity index (χ1v) is 7.23. The van der Waals surface area contributed by atoms with Gasteiger partial charge in [0.05, 0.1) is 11.2 Å². The van der Waals surface area contributed by atoms with Gasteiger partial charge in [-0.2, -0.15) is 0 Å². The van der Waals surface area contributed by atoms with E-state index >= 15 is 0 Å². The van der Waals surface area contributed by atoms with Crippen LogP contribution in [0, 0.1) is 0 Å². The van der Waals surface area contributed by atoms with Crippen molar-refractivity contribution >= 4 is 29.7 Å². The van der Waals surface area contributed by atoms with E-state index in [0.29, 0.717) is 5.92 Å². The van der Waals surface area contributed by atoms with Gasteiger partial charge in [0.15, 0.2) is 0 Å². The molecule has 0 aromatic heterocycles. The van der Waals surface area contributed by atoms with Crippen LogP contribution in [0.15, 0.2) is 56.4 Å². The van der Waals surface area contributed by atoms with Crippen LogP contribution in [0.4, 0.5) is 0 Å². The zero-order chi connectivity index (χ0) is 11.7. The van der Waals surface area contributed by atoms with Gasteiger partial charge in [-0.05, 0) is 5.56 Å². The van der Waals surface area contributed by atoms with Crippen molar-refractivity contribution in [1.29, 1.82) is 0 Å². The molecule has 2 aliphatic heterocycles. The summed E-state index contributed by atoms with van der Waals surface area (Å²) in [4.78, 5) is 6.82.